The molecule has 1 aliphatic rings. The van der Waals surface area contributed by atoms with Gasteiger partial charge in [-0.1, -0.05) is 36.8 Å². The van der Waals surface area contributed by atoms with Gasteiger partial charge in [0, 0.05) is 6.04 Å². The van der Waals surface area contributed by atoms with Crippen molar-refractivity contribution >= 4 is 0 Å². The Bertz CT molecular complexity index is 353. The molecule has 0 spiro atoms. The predicted octanol–water partition coefficient (Wildman–Crippen LogP) is 2.61. The largest absolute Gasteiger partial charge is 0.287 e. The van der Waals surface area contributed by atoms with Crippen LogP contribution < -0.4 is 0 Å². The quantitative estimate of drug-likeness (QED) is 0.723. The van der Waals surface area contributed by atoms with Crippen LogP contribution in [0, 0.1) is 11.3 Å². The molecule has 0 N–H and O–H groups in total. The molecule has 0 aliphatic carbocycles. The third-order valence-electron chi connectivity index (χ3n) is 3.34. The van der Waals surface area contributed by atoms with E-state index in [-0.39, 0.29) is 0 Å². The molecule has 1 aromatic carbocycles. The van der Waals surface area contributed by atoms with Crippen molar-refractivity contribution in [1.82, 2.24) is 4.90 Å². The van der Waals surface area contributed by atoms with Crippen LogP contribution in [0.5, 0.6) is 0 Å². The zero-order valence-electron chi connectivity index (χ0n) is 9.60. The smallest absolute Gasteiger partial charge is 0.0868 e. The maximum Gasteiger partial charge on any atom is 0.0868 e. The maximum absolute atomic E-state index is 8.81. The van der Waals surface area contributed by atoms with Gasteiger partial charge in [0.1, 0.15) is 0 Å². The first-order valence-electron chi connectivity index (χ1n) is 6.05. The number of rotatable bonds is 3. The second kappa shape index (κ2) is 5.67. The fourth-order valence-corrected chi connectivity index (χ4v) is 2.48. The predicted molar refractivity (Wildman–Crippen MR) is 65.0 cm³/mol. The van der Waals surface area contributed by atoms with Gasteiger partial charge in [0.15, 0.2) is 0 Å². The van der Waals surface area contributed by atoms with Crippen molar-refractivity contribution in [2.75, 3.05) is 13.1 Å². The summed E-state index contributed by atoms with van der Waals surface area (Å²) in [7, 11) is 0. The van der Waals surface area contributed by atoms with Gasteiger partial charge in [0.25, 0.3) is 0 Å². The lowest BCUT2D eigenvalue weighted by molar-refractivity contribution is 0.166. The van der Waals surface area contributed by atoms with E-state index in [0.29, 0.717) is 12.6 Å². The zero-order valence-corrected chi connectivity index (χ0v) is 9.60. The number of hydrogen-bond acceptors (Lipinski definition) is 2. The van der Waals surface area contributed by atoms with E-state index in [2.05, 4.69) is 41.3 Å². The van der Waals surface area contributed by atoms with Crippen LogP contribution in [0.1, 0.15) is 24.8 Å². The summed E-state index contributed by atoms with van der Waals surface area (Å²) in [6, 6.07) is 13.4. The summed E-state index contributed by atoms with van der Waals surface area (Å²) in [5, 5.41) is 8.81. The molecule has 1 heterocycles. The van der Waals surface area contributed by atoms with Crippen LogP contribution in [-0.4, -0.2) is 24.0 Å². The van der Waals surface area contributed by atoms with Gasteiger partial charge in [-0.15, -0.1) is 0 Å². The van der Waals surface area contributed by atoms with Gasteiger partial charge in [-0.2, -0.15) is 5.26 Å². The van der Waals surface area contributed by atoms with Crippen LogP contribution in [0.25, 0.3) is 0 Å². The molecule has 2 rings (SSSR count). The molecule has 0 amide bonds. The molecular formula is C14H18N2. The Balaban J connectivity index is 1.99. The first-order valence-corrected chi connectivity index (χ1v) is 6.05. The van der Waals surface area contributed by atoms with E-state index in [4.69, 9.17) is 5.26 Å². The van der Waals surface area contributed by atoms with Gasteiger partial charge in [0.2, 0.25) is 0 Å². The lowest BCUT2D eigenvalue weighted by Crippen LogP contribution is -2.40. The van der Waals surface area contributed by atoms with Crippen LogP contribution in [0.4, 0.5) is 0 Å². The lowest BCUT2D eigenvalue weighted by atomic mass is 9.96. The Morgan fingerprint density at radius 2 is 2.06 bits per heavy atom. The third-order valence-corrected chi connectivity index (χ3v) is 3.34. The van der Waals surface area contributed by atoms with Gasteiger partial charge in [-0.05, 0) is 31.4 Å². The van der Waals surface area contributed by atoms with Crippen LogP contribution in [0.15, 0.2) is 30.3 Å². The van der Waals surface area contributed by atoms with Crippen molar-refractivity contribution < 1.29 is 0 Å². The summed E-state index contributed by atoms with van der Waals surface area (Å²) in [6.07, 6.45) is 4.87. The second-order valence-electron chi connectivity index (χ2n) is 4.47. The van der Waals surface area contributed by atoms with Crippen LogP contribution in [0.2, 0.25) is 0 Å². The first-order chi connectivity index (χ1) is 7.90. The number of hydrogen-bond donors (Lipinski definition) is 0. The van der Waals surface area contributed by atoms with E-state index in [0.717, 1.165) is 13.0 Å². The summed E-state index contributed by atoms with van der Waals surface area (Å²) >= 11 is 0. The summed E-state index contributed by atoms with van der Waals surface area (Å²) < 4.78 is 0. The molecule has 0 aromatic heterocycles. The van der Waals surface area contributed by atoms with E-state index in [1.54, 1.807) is 0 Å². The van der Waals surface area contributed by atoms with Crippen molar-refractivity contribution in [3.8, 4) is 6.07 Å². The van der Waals surface area contributed by atoms with Crippen LogP contribution in [-0.2, 0) is 6.42 Å². The van der Waals surface area contributed by atoms with Gasteiger partial charge >= 0.3 is 0 Å². The monoisotopic (exact) mass is 214 g/mol. The SMILES string of the molecule is N#CCN1CCCC[C@@H]1Cc1ccccc1. The molecule has 1 aliphatic heterocycles. The Kier molecular flexibility index (Phi) is 3.96. The molecule has 0 saturated carbocycles. The first kappa shape index (κ1) is 11.2. The van der Waals surface area contributed by atoms with Crippen molar-refractivity contribution in [3.63, 3.8) is 0 Å². The highest BCUT2D eigenvalue weighted by molar-refractivity contribution is 5.16. The summed E-state index contributed by atoms with van der Waals surface area (Å²) in [5.41, 5.74) is 1.39. The van der Waals surface area contributed by atoms with Gasteiger partial charge in [-0.25, -0.2) is 0 Å². The summed E-state index contributed by atoms with van der Waals surface area (Å²) in [6.45, 7) is 1.67. The summed E-state index contributed by atoms with van der Waals surface area (Å²) in [5.74, 6) is 0. The highest BCUT2D eigenvalue weighted by atomic mass is 15.2. The maximum atomic E-state index is 8.81. The highest BCUT2D eigenvalue weighted by Crippen LogP contribution is 2.20. The van der Waals surface area contributed by atoms with Crippen molar-refractivity contribution in [2.24, 2.45) is 0 Å². The molecule has 1 atom stereocenters. The number of piperidine rings is 1. The molecule has 84 valence electrons. The molecule has 0 unspecified atom stereocenters. The normalized spacial score (nSPS) is 21.6. The van der Waals surface area contributed by atoms with Crippen molar-refractivity contribution in [3.05, 3.63) is 35.9 Å². The van der Waals surface area contributed by atoms with Crippen LogP contribution in [0.3, 0.4) is 0 Å². The molecule has 1 aromatic rings. The minimum atomic E-state index is 0.566. The summed E-state index contributed by atoms with van der Waals surface area (Å²) in [4.78, 5) is 2.33. The van der Waals surface area contributed by atoms with E-state index in [9.17, 15) is 0 Å². The zero-order chi connectivity index (χ0) is 11.2. The van der Waals surface area contributed by atoms with Crippen molar-refractivity contribution in [2.45, 2.75) is 31.7 Å². The number of benzene rings is 1. The lowest BCUT2D eigenvalue weighted by Gasteiger charge is -2.34. The topological polar surface area (TPSA) is 27.0 Å². The second-order valence-corrected chi connectivity index (χ2v) is 4.47. The minimum absolute atomic E-state index is 0.566. The van der Waals surface area contributed by atoms with Gasteiger partial charge < -0.3 is 0 Å². The van der Waals surface area contributed by atoms with E-state index in [1.165, 1.54) is 24.8 Å². The fourth-order valence-electron chi connectivity index (χ4n) is 2.48. The number of likely N-dealkylation sites (tertiary alicyclic amines) is 1. The molecule has 16 heavy (non-hydrogen) atoms. The Labute approximate surface area is 97.5 Å². The molecule has 2 heteroatoms. The fraction of sp³-hybridized carbons (Fsp3) is 0.500. The molecule has 0 radical (unpaired) electrons. The number of nitriles is 1. The average Bonchev–Trinajstić information content (AvgIpc) is 2.33. The standard InChI is InChI=1S/C14H18N2/c15-9-11-16-10-5-4-8-14(16)12-13-6-2-1-3-7-13/h1-3,6-7,14H,4-5,8,10-12H2/t14-/m1/s1. The molecule has 1 saturated heterocycles. The van der Waals surface area contributed by atoms with Gasteiger partial charge in [0.05, 0.1) is 12.6 Å². The Morgan fingerprint density at radius 3 is 2.81 bits per heavy atom. The molecule has 1 fully saturated rings. The van der Waals surface area contributed by atoms with E-state index in [1.807, 2.05) is 0 Å². The minimum Gasteiger partial charge on any atom is -0.287 e. The van der Waals surface area contributed by atoms with E-state index < -0.39 is 0 Å². The highest BCUT2D eigenvalue weighted by Gasteiger charge is 2.21. The van der Waals surface area contributed by atoms with Gasteiger partial charge in [-0.3, -0.25) is 4.90 Å². The molecule has 0 bridgehead atoms. The number of nitrogens with zero attached hydrogens (tertiary/aromatic N) is 2. The Morgan fingerprint density at radius 1 is 1.25 bits per heavy atom. The van der Waals surface area contributed by atoms with E-state index >= 15 is 0 Å². The molecule has 2 nitrogen and oxygen atoms in total. The Hall–Kier alpha value is -1.33. The molecular weight excluding hydrogens is 196 g/mol. The van der Waals surface area contributed by atoms with Crippen LogP contribution >= 0.6 is 0 Å². The van der Waals surface area contributed by atoms with Crippen molar-refractivity contribution in [1.29, 1.82) is 5.26 Å². The third kappa shape index (κ3) is 2.84. The average molecular weight is 214 g/mol.